The number of Topliss-reactive ketones (excluding diaryl/α,β-unsaturated/α-hetero) is 1. The van der Waals surface area contributed by atoms with Crippen molar-refractivity contribution in [1.82, 2.24) is 0 Å². The van der Waals surface area contributed by atoms with E-state index in [9.17, 15) is 4.79 Å². The van der Waals surface area contributed by atoms with Crippen LogP contribution >= 0.6 is 11.6 Å². The molecule has 1 aromatic carbocycles. The highest BCUT2D eigenvalue weighted by Crippen LogP contribution is 2.20. The monoisotopic (exact) mass is 239 g/mol. The molecule has 0 bridgehead atoms. The lowest BCUT2D eigenvalue weighted by Crippen LogP contribution is -2.45. The van der Waals surface area contributed by atoms with Crippen LogP contribution in [0.2, 0.25) is 5.02 Å². The van der Waals surface area contributed by atoms with E-state index in [2.05, 4.69) is 0 Å². The van der Waals surface area contributed by atoms with Crippen LogP contribution in [0.25, 0.3) is 0 Å². The second-order valence-electron chi connectivity index (χ2n) is 4.47. The Labute approximate surface area is 102 Å². The molecule has 1 rings (SSSR count). The van der Waals surface area contributed by atoms with Crippen molar-refractivity contribution >= 4 is 17.4 Å². The molecule has 0 aromatic heterocycles. The number of carbonyl (C=O) groups excluding carboxylic acids is 1. The fraction of sp³-hybridized carbons (Fsp3) is 0.462. The van der Waals surface area contributed by atoms with Crippen LogP contribution in [-0.2, 0) is 11.2 Å². The number of hydrogen-bond acceptors (Lipinski definition) is 2. The Bertz CT molecular complexity index is 399. The Morgan fingerprint density at radius 3 is 2.62 bits per heavy atom. The van der Waals surface area contributed by atoms with Gasteiger partial charge in [0, 0.05) is 11.4 Å². The fourth-order valence-corrected chi connectivity index (χ4v) is 1.67. The predicted octanol–water partition coefficient (Wildman–Crippen LogP) is 2.89. The molecule has 16 heavy (non-hydrogen) atoms. The molecule has 1 unspecified atom stereocenters. The van der Waals surface area contributed by atoms with E-state index in [1.165, 1.54) is 0 Å². The predicted molar refractivity (Wildman–Crippen MR) is 67.8 cm³/mol. The second kappa shape index (κ2) is 4.98. The summed E-state index contributed by atoms with van der Waals surface area (Å²) in [5.74, 6) is 0.0285. The number of aryl methyl sites for hydroxylation is 1. The van der Waals surface area contributed by atoms with E-state index in [1.54, 1.807) is 6.92 Å². The summed E-state index contributed by atoms with van der Waals surface area (Å²) in [7, 11) is 0. The zero-order valence-corrected chi connectivity index (χ0v) is 10.8. The average Bonchev–Trinajstić information content (AvgIpc) is 2.22. The van der Waals surface area contributed by atoms with E-state index >= 15 is 0 Å². The maximum Gasteiger partial charge on any atom is 0.156 e. The molecule has 0 spiro atoms. The van der Waals surface area contributed by atoms with Crippen LogP contribution in [0.3, 0.4) is 0 Å². The van der Waals surface area contributed by atoms with Crippen LogP contribution < -0.4 is 5.73 Å². The van der Waals surface area contributed by atoms with E-state index in [-0.39, 0.29) is 5.78 Å². The number of benzene rings is 1. The molecule has 0 aliphatic rings. The number of hydrogen-bond donors (Lipinski definition) is 1. The minimum Gasteiger partial charge on any atom is -0.319 e. The van der Waals surface area contributed by atoms with Crippen LogP contribution in [0.1, 0.15) is 31.4 Å². The van der Waals surface area contributed by atoms with E-state index in [1.807, 2.05) is 32.0 Å². The van der Waals surface area contributed by atoms with Crippen LogP contribution in [-0.4, -0.2) is 11.3 Å². The molecule has 2 N–H and O–H groups in total. The molecule has 0 aliphatic heterocycles. The maximum absolute atomic E-state index is 11.9. The number of rotatable bonds is 4. The van der Waals surface area contributed by atoms with Crippen LogP contribution in [0, 0.1) is 6.92 Å². The molecule has 2 nitrogen and oxygen atoms in total. The molecule has 0 amide bonds. The van der Waals surface area contributed by atoms with Crippen molar-refractivity contribution in [2.45, 2.75) is 39.2 Å². The molecule has 1 aromatic rings. The first kappa shape index (κ1) is 13.2. The molecule has 1 atom stereocenters. The van der Waals surface area contributed by atoms with Crippen molar-refractivity contribution in [2.75, 3.05) is 0 Å². The van der Waals surface area contributed by atoms with Crippen LogP contribution in [0.15, 0.2) is 18.2 Å². The third kappa shape index (κ3) is 3.06. The summed E-state index contributed by atoms with van der Waals surface area (Å²) < 4.78 is 0. The summed E-state index contributed by atoms with van der Waals surface area (Å²) >= 11 is 6.07. The molecule has 3 heteroatoms. The molecule has 0 aliphatic carbocycles. The first-order valence-corrected chi connectivity index (χ1v) is 5.82. The minimum atomic E-state index is -0.756. The topological polar surface area (TPSA) is 43.1 Å². The zero-order chi connectivity index (χ0) is 12.3. The number of ketones is 1. The molecule has 0 saturated carbocycles. The molecule has 0 fully saturated rings. The van der Waals surface area contributed by atoms with Gasteiger partial charge in [-0.1, -0.05) is 30.7 Å². The lowest BCUT2D eigenvalue weighted by Gasteiger charge is -2.21. The SMILES string of the molecule is CCC(C)(N)C(=O)Cc1ccc(C)cc1Cl. The molecular formula is C13H18ClNO. The smallest absolute Gasteiger partial charge is 0.156 e. The van der Waals surface area contributed by atoms with Gasteiger partial charge in [0.25, 0.3) is 0 Å². The van der Waals surface area contributed by atoms with Crippen LogP contribution in [0.5, 0.6) is 0 Å². The largest absolute Gasteiger partial charge is 0.319 e. The third-order valence-corrected chi connectivity index (χ3v) is 3.28. The van der Waals surface area contributed by atoms with E-state index in [0.717, 1.165) is 11.1 Å². The highest BCUT2D eigenvalue weighted by atomic mass is 35.5. The van der Waals surface area contributed by atoms with E-state index < -0.39 is 5.54 Å². The van der Waals surface area contributed by atoms with Gasteiger partial charge in [-0.2, -0.15) is 0 Å². The average molecular weight is 240 g/mol. The second-order valence-corrected chi connectivity index (χ2v) is 4.87. The summed E-state index contributed by atoms with van der Waals surface area (Å²) in [6.07, 6.45) is 0.940. The molecule has 88 valence electrons. The Morgan fingerprint density at radius 1 is 1.50 bits per heavy atom. The van der Waals surface area contributed by atoms with Crippen molar-refractivity contribution in [3.05, 3.63) is 34.3 Å². The minimum absolute atomic E-state index is 0.0285. The third-order valence-electron chi connectivity index (χ3n) is 2.93. The molecule has 0 heterocycles. The molecular weight excluding hydrogens is 222 g/mol. The summed E-state index contributed by atoms with van der Waals surface area (Å²) in [5, 5.41) is 0.639. The summed E-state index contributed by atoms with van der Waals surface area (Å²) in [4.78, 5) is 11.9. The number of halogens is 1. The van der Waals surface area contributed by atoms with Crippen molar-refractivity contribution < 1.29 is 4.79 Å². The van der Waals surface area contributed by atoms with Crippen molar-refractivity contribution in [3.63, 3.8) is 0 Å². The van der Waals surface area contributed by atoms with Crippen molar-refractivity contribution in [2.24, 2.45) is 5.73 Å². The van der Waals surface area contributed by atoms with Gasteiger partial charge in [0.1, 0.15) is 0 Å². The lowest BCUT2D eigenvalue weighted by atomic mass is 9.90. The Balaban J connectivity index is 2.85. The maximum atomic E-state index is 11.9. The quantitative estimate of drug-likeness (QED) is 0.878. The van der Waals surface area contributed by atoms with E-state index in [4.69, 9.17) is 17.3 Å². The standard InChI is InChI=1S/C13H18ClNO/c1-4-13(3,15)12(16)8-10-6-5-9(2)7-11(10)14/h5-7H,4,8,15H2,1-3H3. The van der Waals surface area contributed by atoms with Gasteiger partial charge in [0.15, 0.2) is 5.78 Å². The molecule has 0 saturated heterocycles. The van der Waals surface area contributed by atoms with Gasteiger partial charge in [0.2, 0.25) is 0 Å². The highest BCUT2D eigenvalue weighted by molar-refractivity contribution is 6.31. The first-order valence-electron chi connectivity index (χ1n) is 5.44. The normalized spacial score (nSPS) is 14.6. The Morgan fingerprint density at radius 2 is 2.12 bits per heavy atom. The van der Waals surface area contributed by atoms with Crippen molar-refractivity contribution in [1.29, 1.82) is 0 Å². The van der Waals surface area contributed by atoms with Gasteiger partial charge in [-0.15, -0.1) is 0 Å². The zero-order valence-electron chi connectivity index (χ0n) is 10.0. The fourth-order valence-electron chi connectivity index (χ4n) is 1.37. The summed E-state index contributed by atoms with van der Waals surface area (Å²) in [6, 6.07) is 5.71. The van der Waals surface area contributed by atoms with Crippen LogP contribution in [0.4, 0.5) is 0 Å². The Kier molecular flexibility index (Phi) is 4.11. The lowest BCUT2D eigenvalue weighted by molar-refractivity contribution is -0.123. The van der Waals surface area contributed by atoms with Gasteiger partial charge in [-0.25, -0.2) is 0 Å². The van der Waals surface area contributed by atoms with Crippen molar-refractivity contribution in [3.8, 4) is 0 Å². The number of carbonyl (C=O) groups is 1. The van der Waals surface area contributed by atoms with Gasteiger partial charge in [0.05, 0.1) is 5.54 Å². The van der Waals surface area contributed by atoms with Gasteiger partial charge in [-0.3, -0.25) is 4.79 Å². The summed E-state index contributed by atoms with van der Waals surface area (Å²) in [6.45, 7) is 5.64. The van der Waals surface area contributed by atoms with E-state index in [0.29, 0.717) is 17.9 Å². The Hall–Kier alpha value is -0.860. The van der Waals surface area contributed by atoms with Gasteiger partial charge >= 0.3 is 0 Å². The number of nitrogens with two attached hydrogens (primary N) is 1. The highest BCUT2D eigenvalue weighted by Gasteiger charge is 2.26. The van der Waals surface area contributed by atoms with Gasteiger partial charge < -0.3 is 5.73 Å². The summed E-state index contributed by atoms with van der Waals surface area (Å²) in [5.41, 5.74) is 7.08. The first-order chi connectivity index (χ1) is 7.36. The molecule has 0 radical (unpaired) electrons. The van der Waals surface area contributed by atoms with Gasteiger partial charge in [-0.05, 0) is 37.5 Å².